The molecular formula is C24H32ClN3O5S. The second kappa shape index (κ2) is 12.6. The van der Waals surface area contributed by atoms with Gasteiger partial charge in [0.25, 0.3) is 0 Å². The molecule has 0 aromatic heterocycles. The highest BCUT2D eigenvalue weighted by Crippen LogP contribution is 2.23. The maximum absolute atomic E-state index is 13.2. The predicted molar refractivity (Wildman–Crippen MR) is 135 cm³/mol. The lowest BCUT2D eigenvalue weighted by Gasteiger charge is -2.29. The van der Waals surface area contributed by atoms with Crippen LogP contribution in [0.25, 0.3) is 0 Å². The summed E-state index contributed by atoms with van der Waals surface area (Å²) >= 11 is 6.02. The molecule has 0 radical (unpaired) electrons. The molecule has 0 fully saturated rings. The summed E-state index contributed by atoms with van der Waals surface area (Å²) < 4.78 is 31.2. The van der Waals surface area contributed by atoms with Gasteiger partial charge in [0.15, 0.2) is 0 Å². The van der Waals surface area contributed by atoms with Gasteiger partial charge in [-0.05, 0) is 56.2 Å². The Morgan fingerprint density at radius 1 is 1.15 bits per heavy atom. The zero-order valence-electron chi connectivity index (χ0n) is 20.0. The maximum atomic E-state index is 13.2. The van der Waals surface area contributed by atoms with Gasteiger partial charge in [-0.1, -0.05) is 29.8 Å². The molecule has 2 aromatic carbocycles. The van der Waals surface area contributed by atoms with E-state index in [4.69, 9.17) is 16.3 Å². The first-order valence-electron chi connectivity index (χ1n) is 11.0. The number of sulfonamides is 1. The van der Waals surface area contributed by atoms with Crippen LogP contribution in [0.3, 0.4) is 0 Å². The zero-order valence-corrected chi connectivity index (χ0v) is 21.5. The van der Waals surface area contributed by atoms with Gasteiger partial charge in [-0.15, -0.1) is 0 Å². The van der Waals surface area contributed by atoms with Crippen LogP contribution < -0.4 is 14.4 Å². The molecule has 0 spiro atoms. The lowest BCUT2D eigenvalue weighted by Crippen LogP contribution is -2.47. The van der Waals surface area contributed by atoms with E-state index in [0.717, 1.165) is 11.8 Å². The Kier molecular flexibility index (Phi) is 10.2. The van der Waals surface area contributed by atoms with E-state index in [1.807, 2.05) is 25.1 Å². The van der Waals surface area contributed by atoms with E-state index < -0.39 is 16.1 Å². The number of ether oxygens (including phenoxy) is 1. The standard InChI is InChI=1S/C24H32ClN3O5S/c1-5-26-24(30)18(2)27(17-19-9-6-12-22(15-19)33-3)23(29)13-8-14-28(34(4,31)32)21-11-7-10-20(25)16-21/h6-7,9-12,15-16,18H,5,8,13-14,17H2,1-4H3,(H,26,30). The van der Waals surface area contributed by atoms with Crippen LogP contribution >= 0.6 is 11.6 Å². The molecule has 0 aliphatic heterocycles. The summed E-state index contributed by atoms with van der Waals surface area (Å²) in [4.78, 5) is 27.2. The number of halogens is 1. The van der Waals surface area contributed by atoms with Crippen LogP contribution in [0.1, 0.15) is 32.3 Å². The molecule has 0 saturated carbocycles. The molecule has 1 unspecified atom stereocenters. The molecule has 1 N–H and O–H groups in total. The fraction of sp³-hybridized carbons (Fsp3) is 0.417. The van der Waals surface area contributed by atoms with E-state index in [9.17, 15) is 18.0 Å². The minimum atomic E-state index is -3.57. The molecule has 10 heteroatoms. The van der Waals surface area contributed by atoms with E-state index in [0.29, 0.717) is 23.0 Å². The van der Waals surface area contributed by atoms with E-state index in [2.05, 4.69) is 5.32 Å². The van der Waals surface area contributed by atoms with Gasteiger partial charge in [0.05, 0.1) is 19.1 Å². The van der Waals surface area contributed by atoms with Crippen molar-refractivity contribution < 1.29 is 22.7 Å². The summed E-state index contributed by atoms with van der Waals surface area (Å²) in [6, 6.07) is 13.2. The van der Waals surface area contributed by atoms with Crippen molar-refractivity contribution >= 4 is 39.1 Å². The molecule has 1 atom stereocenters. The number of anilines is 1. The monoisotopic (exact) mass is 509 g/mol. The number of nitrogens with zero attached hydrogens (tertiary/aromatic N) is 2. The lowest BCUT2D eigenvalue weighted by molar-refractivity contribution is -0.140. The van der Waals surface area contributed by atoms with Crippen LogP contribution in [0.5, 0.6) is 5.75 Å². The molecule has 8 nitrogen and oxygen atoms in total. The van der Waals surface area contributed by atoms with Crippen molar-refractivity contribution in [1.29, 1.82) is 0 Å². The topological polar surface area (TPSA) is 96.0 Å². The Bertz CT molecular complexity index is 1090. The average Bonchev–Trinajstić information content (AvgIpc) is 2.79. The maximum Gasteiger partial charge on any atom is 0.242 e. The highest BCUT2D eigenvalue weighted by atomic mass is 35.5. The first kappa shape index (κ1) is 27.5. The number of nitrogens with one attached hydrogen (secondary N) is 1. The number of carbonyl (C=O) groups excluding carboxylic acids is 2. The summed E-state index contributed by atoms with van der Waals surface area (Å²) in [5.41, 5.74) is 1.26. The number of methoxy groups -OCH3 is 1. The summed E-state index contributed by atoms with van der Waals surface area (Å²) in [7, 11) is -2.01. The number of benzene rings is 2. The number of hydrogen-bond donors (Lipinski definition) is 1. The van der Waals surface area contributed by atoms with Crippen molar-refractivity contribution in [3.63, 3.8) is 0 Å². The van der Waals surface area contributed by atoms with Gasteiger partial charge < -0.3 is 15.0 Å². The van der Waals surface area contributed by atoms with Crippen LogP contribution in [-0.4, -0.2) is 57.6 Å². The Morgan fingerprint density at radius 3 is 2.47 bits per heavy atom. The van der Waals surface area contributed by atoms with Crippen LogP contribution in [0.15, 0.2) is 48.5 Å². The normalized spacial score (nSPS) is 12.0. The second-order valence-electron chi connectivity index (χ2n) is 7.86. The molecule has 0 aliphatic rings. The highest BCUT2D eigenvalue weighted by Gasteiger charge is 2.26. The van der Waals surface area contributed by atoms with E-state index in [-0.39, 0.29) is 37.7 Å². The van der Waals surface area contributed by atoms with Gasteiger partial charge in [0.1, 0.15) is 11.8 Å². The van der Waals surface area contributed by atoms with Gasteiger partial charge in [0.2, 0.25) is 21.8 Å². The Balaban J connectivity index is 2.17. The smallest absolute Gasteiger partial charge is 0.242 e. The summed E-state index contributed by atoms with van der Waals surface area (Å²) in [6.45, 7) is 4.27. The Hall–Kier alpha value is -2.78. The number of rotatable bonds is 12. The minimum absolute atomic E-state index is 0.0697. The van der Waals surface area contributed by atoms with Crippen LogP contribution in [-0.2, 0) is 26.2 Å². The number of carbonyl (C=O) groups is 2. The quantitative estimate of drug-likeness (QED) is 0.472. The summed E-state index contributed by atoms with van der Waals surface area (Å²) in [5.74, 6) is 0.150. The third-order valence-electron chi connectivity index (χ3n) is 5.25. The van der Waals surface area contributed by atoms with Gasteiger partial charge in [-0.25, -0.2) is 8.42 Å². The molecule has 0 heterocycles. The third-order valence-corrected chi connectivity index (χ3v) is 6.68. The lowest BCUT2D eigenvalue weighted by atomic mass is 10.1. The molecule has 0 aliphatic carbocycles. The van der Waals surface area contributed by atoms with Gasteiger partial charge in [-0.2, -0.15) is 0 Å². The number of likely N-dealkylation sites (N-methyl/N-ethyl adjacent to an activating group) is 1. The first-order chi connectivity index (χ1) is 16.1. The molecule has 186 valence electrons. The largest absolute Gasteiger partial charge is 0.497 e. The number of hydrogen-bond acceptors (Lipinski definition) is 5. The van der Waals surface area contributed by atoms with Crippen molar-refractivity contribution in [2.75, 3.05) is 30.8 Å². The van der Waals surface area contributed by atoms with Crippen LogP contribution in [0, 0.1) is 0 Å². The zero-order chi connectivity index (χ0) is 25.3. The highest BCUT2D eigenvalue weighted by molar-refractivity contribution is 7.92. The molecule has 0 saturated heterocycles. The molecule has 0 bridgehead atoms. The molecule has 2 rings (SSSR count). The van der Waals surface area contributed by atoms with Crippen molar-refractivity contribution in [3.8, 4) is 5.75 Å². The first-order valence-corrected chi connectivity index (χ1v) is 13.2. The van der Waals surface area contributed by atoms with Crippen molar-refractivity contribution in [2.24, 2.45) is 0 Å². The number of amides is 2. The van der Waals surface area contributed by atoms with Crippen molar-refractivity contribution in [1.82, 2.24) is 10.2 Å². The average molecular weight is 510 g/mol. The molecule has 34 heavy (non-hydrogen) atoms. The van der Waals surface area contributed by atoms with Gasteiger partial charge in [-0.3, -0.25) is 13.9 Å². The predicted octanol–water partition coefficient (Wildman–Crippen LogP) is 3.45. The van der Waals surface area contributed by atoms with Crippen molar-refractivity contribution in [2.45, 2.75) is 39.3 Å². The van der Waals surface area contributed by atoms with E-state index >= 15 is 0 Å². The van der Waals surface area contributed by atoms with Crippen LogP contribution in [0.4, 0.5) is 5.69 Å². The van der Waals surface area contributed by atoms with Gasteiger partial charge >= 0.3 is 0 Å². The minimum Gasteiger partial charge on any atom is -0.497 e. The van der Waals surface area contributed by atoms with E-state index in [1.54, 1.807) is 44.4 Å². The summed E-state index contributed by atoms with van der Waals surface area (Å²) in [6.07, 6.45) is 1.46. The van der Waals surface area contributed by atoms with Crippen molar-refractivity contribution in [3.05, 3.63) is 59.1 Å². The van der Waals surface area contributed by atoms with Gasteiger partial charge in [0, 0.05) is 31.1 Å². The fourth-order valence-corrected chi connectivity index (χ4v) is 4.65. The fourth-order valence-electron chi connectivity index (χ4n) is 3.51. The van der Waals surface area contributed by atoms with E-state index in [1.165, 1.54) is 9.21 Å². The summed E-state index contributed by atoms with van der Waals surface area (Å²) in [5, 5.41) is 3.17. The molecule has 2 aromatic rings. The van der Waals surface area contributed by atoms with Crippen LogP contribution in [0.2, 0.25) is 5.02 Å². The third kappa shape index (κ3) is 7.92. The second-order valence-corrected chi connectivity index (χ2v) is 10.2. The SMILES string of the molecule is CCNC(=O)C(C)N(Cc1cccc(OC)c1)C(=O)CCCN(c1cccc(Cl)c1)S(C)(=O)=O. The molecule has 2 amide bonds. The Labute approximate surface area is 206 Å². The molecular weight excluding hydrogens is 478 g/mol. The Morgan fingerprint density at radius 2 is 1.85 bits per heavy atom.